The van der Waals surface area contributed by atoms with Crippen molar-refractivity contribution in [2.75, 3.05) is 33.2 Å². The number of para-hydroxylation sites is 1. The number of nitrogens with one attached hydrogen (secondary N) is 2. The molecule has 0 aliphatic heterocycles. The number of rotatable bonds is 7. The lowest BCUT2D eigenvalue weighted by molar-refractivity contribution is 0.102. The normalized spacial score (nSPS) is 11.5. The number of carbonyl (C=O) groups is 1. The third kappa shape index (κ3) is 5.01. The van der Waals surface area contributed by atoms with Crippen molar-refractivity contribution in [3.63, 3.8) is 0 Å². The van der Waals surface area contributed by atoms with E-state index in [-0.39, 0.29) is 12.6 Å². The standard InChI is InChI=1S/C18H21ClN2O4/c1-23-15-7-5-4-6-13(15)17(25-3)11-20-18(22)21-14-10-12(19)8-9-16(14)24-2/h4-10,17H,11H2,1-3H3,(H2,20,21,22)/t17-/m1/s1. The van der Waals surface area contributed by atoms with E-state index in [1.165, 1.54) is 7.11 Å². The minimum atomic E-state index is -0.391. The second-order valence-corrected chi connectivity index (χ2v) is 5.58. The molecule has 2 rings (SSSR count). The van der Waals surface area contributed by atoms with Crippen LogP contribution in [0.2, 0.25) is 5.02 Å². The second kappa shape index (κ2) is 9.15. The number of halogens is 1. The summed E-state index contributed by atoms with van der Waals surface area (Å²) in [5.41, 5.74) is 1.34. The molecule has 1 atom stereocenters. The van der Waals surface area contributed by atoms with E-state index in [0.29, 0.717) is 22.2 Å². The molecule has 134 valence electrons. The van der Waals surface area contributed by atoms with Crippen molar-refractivity contribution >= 4 is 23.3 Å². The molecule has 0 saturated heterocycles. The summed E-state index contributed by atoms with van der Waals surface area (Å²) in [5.74, 6) is 1.22. The number of urea groups is 1. The van der Waals surface area contributed by atoms with Gasteiger partial charge in [-0.3, -0.25) is 0 Å². The van der Waals surface area contributed by atoms with Crippen molar-refractivity contribution < 1.29 is 19.0 Å². The maximum atomic E-state index is 12.2. The quantitative estimate of drug-likeness (QED) is 0.782. The van der Waals surface area contributed by atoms with Crippen molar-refractivity contribution in [1.82, 2.24) is 5.32 Å². The molecule has 2 N–H and O–H groups in total. The molecule has 0 bridgehead atoms. The summed E-state index contributed by atoms with van der Waals surface area (Å²) in [7, 11) is 4.70. The van der Waals surface area contributed by atoms with Gasteiger partial charge in [-0.05, 0) is 24.3 Å². The van der Waals surface area contributed by atoms with Gasteiger partial charge in [0.1, 0.15) is 17.6 Å². The molecule has 2 aromatic rings. The number of benzene rings is 2. The van der Waals surface area contributed by atoms with Crippen LogP contribution in [0.5, 0.6) is 11.5 Å². The molecule has 0 aromatic heterocycles. The van der Waals surface area contributed by atoms with Crippen LogP contribution in [0.25, 0.3) is 0 Å². The zero-order valence-electron chi connectivity index (χ0n) is 14.3. The summed E-state index contributed by atoms with van der Waals surface area (Å²) in [6.45, 7) is 0.269. The Kier molecular flexibility index (Phi) is 6.91. The minimum absolute atomic E-state index is 0.269. The molecule has 7 heteroatoms. The van der Waals surface area contributed by atoms with Crippen LogP contribution < -0.4 is 20.1 Å². The van der Waals surface area contributed by atoms with E-state index < -0.39 is 6.03 Å². The maximum absolute atomic E-state index is 12.2. The van der Waals surface area contributed by atoms with Crippen molar-refractivity contribution in [2.45, 2.75) is 6.10 Å². The average Bonchev–Trinajstić information content (AvgIpc) is 2.62. The molecule has 0 fully saturated rings. The van der Waals surface area contributed by atoms with Crippen LogP contribution in [0.15, 0.2) is 42.5 Å². The Morgan fingerprint density at radius 2 is 1.80 bits per heavy atom. The lowest BCUT2D eigenvalue weighted by Gasteiger charge is -2.19. The molecule has 2 amide bonds. The first-order chi connectivity index (χ1) is 12.1. The van der Waals surface area contributed by atoms with Gasteiger partial charge in [-0.15, -0.1) is 0 Å². The summed E-state index contributed by atoms with van der Waals surface area (Å²) >= 11 is 5.96. The Bertz CT molecular complexity index is 724. The van der Waals surface area contributed by atoms with E-state index >= 15 is 0 Å². The minimum Gasteiger partial charge on any atom is -0.496 e. The molecular formula is C18H21ClN2O4. The first-order valence-corrected chi connectivity index (χ1v) is 8.01. The van der Waals surface area contributed by atoms with Gasteiger partial charge < -0.3 is 24.8 Å². The van der Waals surface area contributed by atoms with E-state index in [1.54, 1.807) is 32.4 Å². The van der Waals surface area contributed by atoms with Gasteiger partial charge in [-0.1, -0.05) is 29.8 Å². The summed E-state index contributed by atoms with van der Waals surface area (Å²) in [6, 6.07) is 12.1. The highest BCUT2D eigenvalue weighted by Crippen LogP contribution is 2.28. The zero-order chi connectivity index (χ0) is 18.2. The van der Waals surface area contributed by atoms with Crippen molar-refractivity contribution in [1.29, 1.82) is 0 Å². The molecule has 0 saturated carbocycles. The van der Waals surface area contributed by atoms with E-state index in [4.69, 9.17) is 25.8 Å². The first kappa shape index (κ1) is 18.9. The monoisotopic (exact) mass is 364 g/mol. The molecule has 25 heavy (non-hydrogen) atoms. The molecule has 0 heterocycles. The van der Waals surface area contributed by atoms with Crippen molar-refractivity contribution in [3.05, 3.63) is 53.1 Å². The van der Waals surface area contributed by atoms with Gasteiger partial charge in [0.25, 0.3) is 0 Å². The predicted octanol–water partition coefficient (Wildman–Crippen LogP) is 3.87. The van der Waals surface area contributed by atoms with E-state index in [2.05, 4.69) is 10.6 Å². The van der Waals surface area contributed by atoms with Crippen molar-refractivity contribution in [2.24, 2.45) is 0 Å². The van der Waals surface area contributed by atoms with Gasteiger partial charge in [-0.25, -0.2) is 4.79 Å². The van der Waals surface area contributed by atoms with Crippen LogP contribution in [0.1, 0.15) is 11.7 Å². The molecule has 0 aliphatic carbocycles. The highest BCUT2D eigenvalue weighted by molar-refractivity contribution is 6.31. The van der Waals surface area contributed by atoms with E-state index in [0.717, 1.165) is 5.56 Å². The Balaban J connectivity index is 2.02. The Morgan fingerprint density at radius 1 is 1.08 bits per heavy atom. The zero-order valence-corrected chi connectivity index (χ0v) is 15.1. The molecule has 6 nitrogen and oxygen atoms in total. The van der Waals surface area contributed by atoms with Crippen LogP contribution in [-0.4, -0.2) is 33.9 Å². The fourth-order valence-electron chi connectivity index (χ4n) is 2.38. The number of ether oxygens (including phenoxy) is 3. The summed E-state index contributed by atoms with van der Waals surface area (Å²) in [4.78, 5) is 12.2. The van der Waals surface area contributed by atoms with Gasteiger partial charge in [0, 0.05) is 24.2 Å². The molecule has 0 unspecified atom stereocenters. The Labute approximate surface area is 152 Å². The second-order valence-electron chi connectivity index (χ2n) is 5.15. The molecule has 0 aliphatic rings. The average molecular weight is 365 g/mol. The Hall–Kier alpha value is -2.44. The molecule has 0 radical (unpaired) electrons. The smallest absolute Gasteiger partial charge is 0.319 e. The van der Waals surface area contributed by atoms with Crippen LogP contribution in [0, 0.1) is 0 Å². The van der Waals surface area contributed by atoms with Gasteiger partial charge >= 0.3 is 6.03 Å². The largest absolute Gasteiger partial charge is 0.496 e. The SMILES string of the molecule is COc1ccc(Cl)cc1NC(=O)NC[C@@H](OC)c1ccccc1OC. The lowest BCUT2D eigenvalue weighted by Crippen LogP contribution is -2.33. The summed E-state index contributed by atoms with van der Waals surface area (Å²) < 4.78 is 16.0. The fourth-order valence-corrected chi connectivity index (χ4v) is 2.55. The van der Waals surface area contributed by atoms with Gasteiger partial charge in [0.2, 0.25) is 0 Å². The summed E-state index contributed by atoms with van der Waals surface area (Å²) in [6.07, 6.45) is -0.344. The lowest BCUT2D eigenvalue weighted by atomic mass is 10.1. The van der Waals surface area contributed by atoms with Crippen LogP contribution in [0.3, 0.4) is 0 Å². The first-order valence-electron chi connectivity index (χ1n) is 7.63. The van der Waals surface area contributed by atoms with Gasteiger partial charge in [0.15, 0.2) is 0 Å². The Morgan fingerprint density at radius 3 is 2.48 bits per heavy atom. The summed E-state index contributed by atoms with van der Waals surface area (Å²) in [5, 5.41) is 5.99. The van der Waals surface area contributed by atoms with Crippen LogP contribution >= 0.6 is 11.6 Å². The predicted molar refractivity (Wildman–Crippen MR) is 97.8 cm³/mol. The third-order valence-electron chi connectivity index (χ3n) is 3.63. The van der Waals surface area contributed by atoms with Gasteiger partial charge in [-0.2, -0.15) is 0 Å². The molecule has 0 spiro atoms. The third-order valence-corrected chi connectivity index (χ3v) is 3.86. The number of amides is 2. The molecular weight excluding hydrogens is 344 g/mol. The van der Waals surface area contributed by atoms with E-state index in [1.807, 2.05) is 24.3 Å². The fraction of sp³-hybridized carbons (Fsp3) is 0.278. The van der Waals surface area contributed by atoms with E-state index in [9.17, 15) is 4.79 Å². The van der Waals surface area contributed by atoms with Gasteiger partial charge in [0.05, 0.1) is 19.9 Å². The van der Waals surface area contributed by atoms with Crippen molar-refractivity contribution in [3.8, 4) is 11.5 Å². The van der Waals surface area contributed by atoms with Crippen LogP contribution in [0.4, 0.5) is 10.5 Å². The van der Waals surface area contributed by atoms with Crippen LogP contribution in [-0.2, 0) is 4.74 Å². The highest BCUT2D eigenvalue weighted by atomic mass is 35.5. The molecule has 2 aromatic carbocycles. The number of methoxy groups -OCH3 is 3. The number of hydrogen-bond donors (Lipinski definition) is 2. The highest BCUT2D eigenvalue weighted by Gasteiger charge is 2.17. The topological polar surface area (TPSA) is 68.8 Å². The maximum Gasteiger partial charge on any atom is 0.319 e. The number of anilines is 1. The number of hydrogen-bond acceptors (Lipinski definition) is 4. The number of carbonyl (C=O) groups excluding carboxylic acids is 1.